The lowest BCUT2D eigenvalue weighted by Gasteiger charge is -2.25. The fourth-order valence-corrected chi connectivity index (χ4v) is 2.07. The third-order valence-corrected chi connectivity index (χ3v) is 2.60. The molecule has 0 aliphatic heterocycles. The lowest BCUT2D eigenvalue weighted by Crippen LogP contribution is -2.32. The van der Waals surface area contributed by atoms with Gasteiger partial charge >= 0.3 is 0 Å². The Hall–Kier alpha value is -0.0400. The number of nitrogens with zero attached hydrogens (tertiary/aromatic N) is 1. The molecule has 0 spiro atoms. The maximum atomic E-state index is 2.54. The maximum absolute atomic E-state index is 2.54. The summed E-state index contributed by atoms with van der Waals surface area (Å²) in [6.07, 6.45) is 5.77. The molecule has 0 aromatic carbocycles. The molecule has 0 atom stereocenters. The molecule has 1 fully saturated rings. The van der Waals surface area contributed by atoms with Crippen molar-refractivity contribution in [1.29, 1.82) is 0 Å². The van der Waals surface area contributed by atoms with Crippen LogP contribution in [-0.2, 0) is 0 Å². The summed E-state index contributed by atoms with van der Waals surface area (Å²) in [5, 5.41) is 0. The molecule has 1 saturated carbocycles. The van der Waals surface area contributed by atoms with Gasteiger partial charge in [0.05, 0.1) is 0 Å². The molecule has 1 aliphatic carbocycles. The molecule has 1 nitrogen and oxygen atoms in total. The second kappa shape index (κ2) is 4.10. The molecule has 0 amide bonds. The standard InChI is InChI=1S/C10H21N/c1-9(2)8-11(3)10-6-4-5-7-10/h9-10H,4-8H2,1-3H3. The van der Waals surface area contributed by atoms with E-state index < -0.39 is 0 Å². The van der Waals surface area contributed by atoms with Gasteiger partial charge in [0, 0.05) is 12.6 Å². The van der Waals surface area contributed by atoms with E-state index in [1.807, 2.05) is 0 Å². The van der Waals surface area contributed by atoms with Crippen molar-refractivity contribution in [3.8, 4) is 0 Å². The fourth-order valence-electron chi connectivity index (χ4n) is 2.07. The van der Waals surface area contributed by atoms with Gasteiger partial charge < -0.3 is 4.90 Å². The zero-order valence-electron chi connectivity index (χ0n) is 8.14. The van der Waals surface area contributed by atoms with Crippen LogP contribution in [0.5, 0.6) is 0 Å². The Balaban J connectivity index is 2.22. The van der Waals surface area contributed by atoms with E-state index in [1.54, 1.807) is 0 Å². The second-order valence-corrected chi connectivity index (χ2v) is 4.27. The van der Waals surface area contributed by atoms with Crippen molar-refractivity contribution in [2.24, 2.45) is 5.92 Å². The average molecular weight is 155 g/mol. The molecule has 66 valence electrons. The van der Waals surface area contributed by atoms with Crippen LogP contribution < -0.4 is 0 Å². The molecule has 0 bridgehead atoms. The van der Waals surface area contributed by atoms with E-state index in [9.17, 15) is 0 Å². The molecule has 1 rings (SSSR count). The predicted molar refractivity (Wildman–Crippen MR) is 49.7 cm³/mol. The molecule has 0 aromatic heterocycles. The number of rotatable bonds is 3. The molecule has 0 saturated heterocycles. The van der Waals surface area contributed by atoms with E-state index in [0.717, 1.165) is 12.0 Å². The van der Waals surface area contributed by atoms with E-state index in [4.69, 9.17) is 0 Å². The SMILES string of the molecule is CC(C)CN(C)C1CCCC1. The number of hydrogen-bond donors (Lipinski definition) is 0. The van der Waals surface area contributed by atoms with Gasteiger partial charge in [-0.25, -0.2) is 0 Å². The first-order valence-corrected chi connectivity index (χ1v) is 4.90. The van der Waals surface area contributed by atoms with Gasteiger partial charge in [0.1, 0.15) is 0 Å². The van der Waals surface area contributed by atoms with Gasteiger partial charge in [-0.15, -0.1) is 0 Å². The van der Waals surface area contributed by atoms with Crippen molar-refractivity contribution in [2.75, 3.05) is 13.6 Å². The van der Waals surface area contributed by atoms with Gasteiger partial charge in [0.25, 0.3) is 0 Å². The van der Waals surface area contributed by atoms with Crippen molar-refractivity contribution in [3.05, 3.63) is 0 Å². The Labute approximate surface area is 70.8 Å². The van der Waals surface area contributed by atoms with E-state index >= 15 is 0 Å². The zero-order chi connectivity index (χ0) is 8.27. The third-order valence-electron chi connectivity index (χ3n) is 2.60. The molecule has 1 heteroatoms. The van der Waals surface area contributed by atoms with Crippen molar-refractivity contribution in [1.82, 2.24) is 4.90 Å². The molecule has 1 aliphatic rings. The summed E-state index contributed by atoms with van der Waals surface area (Å²) >= 11 is 0. The average Bonchev–Trinajstić information content (AvgIpc) is 2.35. The van der Waals surface area contributed by atoms with Gasteiger partial charge in [0.15, 0.2) is 0 Å². The largest absolute Gasteiger partial charge is 0.303 e. The zero-order valence-corrected chi connectivity index (χ0v) is 8.14. The highest BCUT2D eigenvalue weighted by Crippen LogP contribution is 2.22. The van der Waals surface area contributed by atoms with Crippen molar-refractivity contribution < 1.29 is 0 Å². The minimum absolute atomic E-state index is 0.820. The second-order valence-electron chi connectivity index (χ2n) is 4.27. The monoisotopic (exact) mass is 155 g/mol. The van der Waals surface area contributed by atoms with E-state index in [2.05, 4.69) is 25.8 Å². The lowest BCUT2D eigenvalue weighted by atomic mass is 10.1. The Morgan fingerprint density at radius 1 is 1.27 bits per heavy atom. The van der Waals surface area contributed by atoms with Gasteiger partial charge in [-0.3, -0.25) is 0 Å². The van der Waals surface area contributed by atoms with Crippen LogP contribution in [0.3, 0.4) is 0 Å². The van der Waals surface area contributed by atoms with E-state index in [1.165, 1.54) is 32.2 Å². The Morgan fingerprint density at radius 2 is 1.82 bits per heavy atom. The smallest absolute Gasteiger partial charge is 0.00923 e. The summed E-state index contributed by atoms with van der Waals surface area (Å²) in [4.78, 5) is 2.54. The normalized spacial score (nSPS) is 20.5. The summed E-state index contributed by atoms with van der Waals surface area (Å²) in [6.45, 7) is 5.86. The predicted octanol–water partition coefficient (Wildman–Crippen LogP) is 2.52. The summed E-state index contributed by atoms with van der Waals surface area (Å²) in [6, 6.07) is 0.900. The van der Waals surface area contributed by atoms with Crippen LogP contribution in [0.4, 0.5) is 0 Å². The molecule has 0 heterocycles. The van der Waals surface area contributed by atoms with Crippen LogP contribution >= 0.6 is 0 Å². The van der Waals surface area contributed by atoms with Crippen molar-refractivity contribution in [3.63, 3.8) is 0 Å². The van der Waals surface area contributed by atoms with Crippen LogP contribution in [0.1, 0.15) is 39.5 Å². The van der Waals surface area contributed by atoms with Gasteiger partial charge in [-0.2, -0.15) is 0 Å². The summed E-state index contributed by atoms with van der Waals surface area (Å²) in [7, 11) is 2.27. The minimum Gasteiger partial charge on any atom is -0.303 e. The first-order chi connectivity index (χ1) is 5.20. The lowest BCUT2D eigenvalue weighted by molar-refractivity contribution is 0.220. The Kier molecular flexibility index (Phi) is 3.38. The summed E-state index contributed by atoms with van der Waals surface area (Å²) in [5.74, 6) is 0.820. The molecular weight excluding hydrogens is 134 g/mol. The van der Waals surface area contributed by atoms with Crippen LogP contribution in [-0.4, -0.2) is 24.5 Å². The van der Waals surface area contributed by atoms with E-state index in [0.29, 0.717) is 0 Å². The quantitative estimate of drug-likeness (QED) is 0.605. The molecule has 0 unspecified atom stereocenters. The maximum Gasteiger partial charge on any atom is 0.00923 e. The van der Waals surface area contributed by atoms with Crippen molar-refractivity contribution in [2.45, 2.75) is 45.6 Å². The number of hydrogen-bond acceptors (Lipinski definition) is 1. The van der Waals surface area contributed by atoms with Crippen LogP contribution in [0.15, 0.2) is 0 Å². The third kappa shape index (κ3) is 2.82. The van der Waals surface area contributed by atoms with Crippen molar-refractivity contribution >= 4 is 0 Å². The highest BCUT2D eigenvalue weighted by Gasteiger charge is 2.19. The van der Waals surface area contributed by atoms with Crippen LogP contribution in [0.2, 0.25) is 0 Å². The summed E-state index contributed by atoms with van der Waals surface area (Å²) < 4.78 is 0. The minimum atomic E-state index is 0.820. The highest BCUT2D eigenvalue weighted by atomic mass is 15.1. The molecule has 0 radical (unpaired) electrons. The first-order valence-electron chi connectivity index (χ1n) is 4.90. The Bertz CT molecular complexity index is 103. The first kappa shape index (κ1) is 9.05. The summed E-state index contributed by atoms with van der Waals surface area (Å²) in [5.41, 5.74) is 0. The molecule has 0 N–H and O–H groups in total. The van der Waals surface area contributed by atoms with E-state index in [-0.39, 0.29) is 0 Å². The van der Waals surface area contributed by atoms with Crippen LogP contribution in [0.25, 0.3) is 0 Å². The van der Waals surface area contributed by atoms with Gasteiger partial charge in [0.2, 0.25) is 0 Å². The van der Waals surface area contributed by atoms with Gasteiger partial charge in [-0.05, 0) is 25.8 Å². The fraction of sp³-hybridized carbons (Fsp3) is 1.00. The Morgan fingerprint density at radius 3 is 2.27 bits per heavy atom. The molecule has 11 heavy (non-hydrogen) atoms. The highest BCUT2D eigenvalue weighted by molar-refractivity contribution is 4.75. The molecular formula is C10H21N. The van der Waals surface area contributed by atoms with Gasteiger partial charge in [-0.1, -0.05) is 26.7 Å². The topological polar surface area (TPSA) is 3.24 Å². The van der Waals surface area contributed by atoms with Crippen LogP contribution in [0, 0.1) is 5.92 Å². The molecule has 0 aromatic rings.